The minimum Gasteiger partial charge on any atom is -0.393 e. The molecule has 4 aliphatic rings. The average molecular weight is 403 g/mol. The number of aliphatic hydroxyl groups excluding tert-OH is 1. The molecule has 0 radical (unpaired) electrons. The number of fused-ring (bicyclic) bond motifs is 5. The van der Waals surface area contributed by atoms with Crippen LogP contribution in [0.3, 0.4) is 0 Å². The van der Waals surface area contributed by atoms with E-state index in [2.05, 4.69) is 40.7 Å². The smallest absolute Gasteiger partial charge is 0.0653 e. The van der Waals surface area contributed by atoms with Gasteiger partial charge in [-0.1, -0.05) is 52.2 Å². The molecule has 0 aromatic carbocycles. The largest absolute Gasteiger partial charge is 0.393 e. The van der Waals surface area contributed by atoms with Crippen molar-refractivity contribution in [2.75, 3.05) is 0 Å². The summed E-state index contributed by atoms with van der Waals surface area (Å²) in [5, 5.41) is 21.8. The summed E-state index contributed by atoms with van der Waals surface area (Å²) in [7, 11) is 0. The van der Waals surface area contributed by atoms with Gasteiger partial charge >= 0.3 is 0 Å². The monoisotopic (exact) mass is 402 g/mol. The van der Waals surface area contributed by atoms with Crippen LogP contribution >= 0.6 is 0 Å². The lowest BCUT2D eigenvalue weighted by molar-refractivity contribution is -0.105. The Balaban J connectivity index is 1.53. The molecule has 4 rings (SSSR count). The molecule has 0 aromatic heterocycles. The molecule has 29 heavy (non-hydrogen) atoms. The van der Waals surface area contributed by atoms with Gasteiger partial charge in [-0.2, -0.15) is 0 Å². The Bertz CT molecular complexity index is 634. The van der Waals surface area contributed by atoms with Crippen molar-refractivity contribution < 1.29 is 10.2 Å². The number of allylic oxidation sites excluding steroid dienone is 1. The normalized spacial score (nSPS) is 46.5. The zero-order chi connectivity index (χ0) is 21.0. The Morgan fingerprint density at radius 1 is 1.10 bits per heavy atom. The molecular weight excluding hydrogens is 356 g/mol. The molecule has 4 unspecified atom stereocenters. The molecule has 4 aliphatic carbocycles. The second-order valence-electron chi connectivity index (χ2n) is 12.5. The van der Waals surface area contributed by atoms with Crippen molar-refractivity contribution >= 4 is 0 Å². The van der Waals surface area contributed by atoms with E-state index in [1.165, 1.54) is 44.9 Å². The summed E-state index contributed by atoms with van der Waals surface area (Å²) in [4.78, 5) is 0. The van der Waals surface area contributed by atoms with E-state index in [0.29, 0.717) is 16.7 Å². The third kappa shape index (κ3) is 3.65. The van der Waals surface area contributed by atoms with Crippen molar-refractivity contribution in [1.29, 1.82) is 0 Å². The molecule has 8 atom stereocenters. The van der Waals surface area contributed by atoms with Crippen molar-refractivity contribution in [3.8, 4) is 0 Å². The van der Waals surface area contributed by atoms with Crippen LogP contribution in [-0.2, 0) is 0 Å². The van der Waals surface area contributed by atoms with Crippen molar-refractivity contribution in [3.05, 3.63) is 11.6 Å². The molecule has 0 heterocycles. The van der Waals surface area contributed by atoms with Crippen molar-refractivity contribution in [2.24, 2.45) is 40.4 Å². The van der Waals surface area contributed by atoms with Gasteiger partial charge in [0.1, 0.15) is 0 Å². The molecule has 2 N–H and O–H groups in total. The van der Waals surface area contributed by atoms with Crippen LogP contribution in [0.4, 0.5) is 0 Å². The van der Waals surface area contributed by atoms with E-state index >= 15 is 0 Å². The Morgan fingerprint density at radius 3 is 2.59 bits per heavy atom. The molecule has 0 aliphatic heterocycles. The fourth-order valence-corrected chi connectivity index (χ4v) is 8.71. The number of aliphatic hydroxyl groups is 2. The molecule has 3 saturated carbocycles. The predicted octanol–water partition coefficient (Wildman–Crippen LogP) is 6.50. The molecule has 2 heteroatoms. The highest BCUT2D eigenvalue weighted by atomic mass is 16.3. The third-order valence-electron chi connectivity index (χ3n) is 10.3. The summed E-state index contributed by atoms with van der Waals surface area (Å²) in [6.45, 7) is 11.8. The molecule has 0 spiro atoms. The first-order valence-electron chi connectivity index (χ1n) is 12.7. The second kappa shape index (κ2) is 7.66. The molecule has 0 amide bonds. The topological polar surface area (TPSA) is 40.5 Å². The van der Waals surface area contributed by atoms with Gasteiger partial charge in [-0.3, -0.25) is 0 Å². The summed E-state index contributed by atoms with van der Waals surface area (Å²) in [6, 6.07) is 0. The molecule has 0 aromatic rings. The van der Waals surface area contributed by atoms with Crippen LogP contribution in [0.15, 0.2) is 11.6 Å². The van der Waals surface area contributed by atoms with Gasteiger partial charge in [0.05, 0.1) is 11.7 Å². The maximum atomic E-state index is 11.6. The lowest BCUT2D eigenvalue weighted by atomic mass is 9.46. The van der Waals surface area contributed by atoms with Gasteiger partial charge in [-0.05, 0) is 105 Å². The van der Waals surface area contributed by atoms with Crippen LogP contribution in [0, 0.1) is 40.4 Å². The number of hydrogen-bond acceptors (Lipinski definition) is 2. The Morgan fingerprint density at radius 2 is 1.86 bits per heavy atom. The maximum Gasteiger partial charge on any atom is 0.0653 e. The van der Waals surface area contributed by atoms with E-state index in [0.717, 1.165) is 49.4 Å². The Hall–Kier alpha value is -0.340. The van der Waals surface area contributed by atoms with Crippen LogP contribution in [-0.4, -0.2) is 21.9 Å². The fraction of sp³-hybridized carbons (Fsp3) is 0.926. The molecular formula is C27H46O2. The first-order valence-corrected chi connectivity index (χ1v) is 12.7. The summed E-state index contributed by atoms with van der Waals surface area (Å²) in [5.41, 5.74) is 1.68. The Labute approximate surface area is 179 Å². The summed E-state index contributed by atoms with van der Waals surface area (Å²) in [5.74, 6) is 3.53. The van der Waals surface area contributed by atoms with Gasteiger partial charge in [0.25, 0.3) is 0 Å². The van der Waals surface area contributed by atoms with Gasteiger partial charge in [-0.15, -0.1) is 0 Å². The van der Waals surface area contributed by atoms with Crippen LogP contribution in [0.1, 0.15) is 105 Å². The average Bonchev–Trinajstić information content (AvgIpc) is 3.00. The van der Waals surface area contributed by atoms with Crippen LogP contribution in [0.25, 0.3) is 0 Å². The highest BCUT2D eigenvalue weighted by molar-refractivity contribution is 5.25. The van der Waals surface area contributed by atoms with Crippen LogP contribution < -0.4 is 0 Å². The summed E-state index contributed by atoms with van der Waals surface area (Å²) >= 11 is 0. The van der Waals surface area contributed by atoms with Crippen molar-refractivity contribution in [1.82, 2.24) is 0 Å². The molecule has 2 nitrogen and oxygen atoms in total. The number of rotatable bonds is 5. The summed E-state index contributed by atoms with van der Waals surface area (Å²) < 4.78 is 0. The quantitative estimate of drug-likeness (QED) is 0.515. The van der Waals surface area contributed by atoms with Crippen molar-refractivity contribution in [2.45, 2.75) is 117 Å². The summed E-state index contributed by atoms with van der Waals surface area (Å²) in [6.07, 6.45) is 15.2. The minimum absolute atomic E-state index is 0.114. The SMILES string of the molecule is CC(C)CCC[C@](C)(O)C1CCC2C3CC=C4C[C@H](O)CC[C@]4(C)C3CC[C@@]21C. The van der Waals surface area contributed by atoms with Gasteiger partial charge < -0.3 is 10.2 Å². The Kier molecular flexibility index (Phi) is 5.78. The highest BCUT2D eigenvalue weighted by Crippen LogP contribution is 2.67. The van der Waals surface area contributed by atoms with E-state index in [9.17, 15) is 10.2 Å². The van der Waals surface area contributed by atoms with E-state index in [4.69, 9.17) is 0 Å². The van der Waals surface area contributed by atoms with E-state index in [-0.39, 0.29) is 6.10 Å². The highest BCUT2D eigenvalue weighted by Gasteiger charge is 2.61. The molecule has 0 saturated heterocycles. The zero-order valence-electron chi connectivity index (χ0n) is 19.7. The standard InChI is InChI=1S/C27H46O2/c1-18(2)7-6-14-27(5,29)24-11-10-22-21-9-8-19-17-20(28)12-15-25(19,3)23(21)13-16-26(22,24)4/h8,18,20-24,28-29H,6-7,9-17H2,1-5H3/t20-,21?,22?,23?,24?,25+,26+,27+/m1/s1. The van der Waals surface area contributed by atoms with E-state index in [1.807, 2.05) is 0 Å². The zero-order valence-corrected chi connectivity index (χ0v) is 19.7. The first kappa shape index (κ1) is 21.9. The van der Waals surface area contributed by atoms with Crippen molar-refractivity contribution in [3.63, 3.8) is 0 Å². The molecule has 0 bridgehead atoms. The third-order valence-corrected chi connectivity index (χ3v) is 10.3. The van der Waals surface area contributed by atoms with Gasteiger partial charge in [0, 0.05) is 0 Å². The van der Waals surface area contributed by atoms with Crippen LogP contribution in [0.2, 0.25) is 0 Å². The number of hydrogen-bond donors (Lipinski definition) is 2. The molecule has 3 fully saturated rings. The van der Waals surface area contributed by atoms with E-state index < -0.39 is 5.60 Å². The lowest BCUT2D eigenvalue weighted by Crippen LogP contribution is -2.53. The predicted molar refractivity (Wildman–Crippen MR) is 121 cm³/mol. The van der Waals surface area contributed by atoms with Gasteiger partial charge in [-0.25, -0.2) is 0 Å². The van der Waals surface area contributed by atoms with E-state index in [1.54, 1.807) is 5.57 Å². The van der Waals surface area contributed by atoms with Gasteiger partial charge in [0.2, 0.25) is 0 Å². The second-order valence-corrected chi connectivity index (χ2v) is 12.5. The minimum atomic E-state index is -0.514. The van der Waals surface area contributed by atoms with Crippen LogP contribution in [0.5, 0.6) is 0 Å². The lowest BCUT2D eigenvalue weighted by Gasteiger charge is -2.59. The fourth-order valence-electron chi connectivity index (χ4n) is 8.71. The first-order chi connectivity index (χ1) is 13.6. The van der Waals surface area contributed by atoms with Gasteiger partial charge in [0.15, 0.2) is 0 Å². The maximum absolute atomic E-state index is 11.6. The molecule has 166 valence electrons.